The number of nitrogens with one attached hydrogen (secondary N) is 1. The molecule has 0 saturated heterocycles. The van der Waals surface area contributed by atoms with Crippen molar-refractivity contribution in [1.82, 2.24) is 15.1 Å². The Bertz CT molecular complexity index is 952. The van der Waals surface area contributed by atoms with E-state index >= 15 is 0 Å². The third-order valence-electron chi connectivity index (χ3n) is 6.32. The molecule has 1 aromatic heterocycles. The molecule has 1 N–H and O–H groups in total. The second-order valence-electron chi connectivity index (χ2n) is 8.92. The van der Waals surface area contributed by atoms with Gasteiger partial charge in [-0.15, -0.1) is 10.2 Å². The molecule has 2 amide bonds. The third kappa shape index (κ3) is 4.11. The summed E-state index contributed by atoms with van der Waals surface area (Å²) in [6.07, 6.45) is 4.85. The molecule has 1 spiro atoms. The number of hydrogen-bond acceptors (Lipinski definition) is 6. The Labute approximate surface area is 187 Å². The molecule has 2 aromatic rings. The van der Waals surface area contributed by atoms with E-state index in [0.717, 1.165) is 37.7 Å². The van der Waals surface area contributed by atoms with Crippen LogP contribution in [-0.2, 0) is 16.1 Å². The van der Waals surface area contributed by atoms with Gasteiger partial charge < -0.3 is 9.64 Å². The van der Waals surface area contributed by atoms with Crippen LogP contribution in [0.5, 0.6) is 0 Å². The summed E-state index contributed by atoms with van der Waals surface area (Å²) in [5.41, 5.74) is 0.961. The Balaban J connectivity index is 1.76. The number of amides is 2. The van der Waals surface area contributed by atoms with Crippen molar-refractivity contribution in [1.29, 1.82) is 0 Å². The summed E-state index contributed by atoms with van der Waals surface area (Å²) in [4.78, 5) is 29.4. The quantitative estimate of drug-likeness (QED) is 0.724. The second kappa shape index (κ2) is 9.04. The third-order valence-corrected chi connectivity index (χ3v) is 7.13. The molecular weight excluding hydrogens is 412 g/mol. The molecule has 1 atom stereocenters. The van der Waals surface area contributed by atoms with Crippen molar-refractivity contribution in [3.8, 4) is 0 Å². The van der Waals surface area contributed by atoms with Gasteiger partial charge in [0.1, 0.15) is 11.6 Å². The van der Waals surface area contributed by atoms with Gasteiger partial charge in [0.05, 0.1) is 11.5 Å². The zero-order valence-electron chi connectivity index (χ0n) is 18.4. The minimum absolute atomic E-state index is 0.0496. The molecule has 8 heteroatoms. The lowest BCUT2D eigenvalue weighted by atomic mass is 9.65. The van der Waals surface area contributed by atoms with Crippen LogP contribution < -0.4 is 5.32 Å². The van der Waals surface area contributed by atoms with Gasteiger partial charge in [-0.1, -0.05) is 62.6 Å². The van der Waals surface area contributed by atoms with Crippen molar-refractivity contribution in [2.24, 2.45) is 5.92 Å². The van der Waals surface area contributed by atoms with Crippen molar-refractivity contribution in [2.45, 2.75) is 64.0 Å². The average Bonchev–Trinajstić information content (AvgIpc) is 3.19. The first-order valence-electron chi connectivity index (χ1n) is 11.0. The predicted molar refractivity (Wildman–Crippen MR) is 120 cm³/mol. The van der Waals surface area contributed by atoms with E-state index in [1.54, 1.807) is 7.11 Å². The Morgan fingerprint density at radius 3 is 2.71 bits per heavy atom. The number of aromatic nitrogens is 2. The Morgan fingerprint density at radius 2 is 2.00 bits per heavy atom. The smallest absolute Gasteiger partial charge is 0.254 e. The van der Waals surface area contributed by atoms with E-state index in [9.17, 15) is 9.59 Å². The van der Waals surface area contributed by atoms with Crippen LogP contribution in [-0.4, -0.2) is 46.1 Å². The molecular formula is C23H30N4O3S. The highest BCUT2D eigenvalue weighted by Gasteiger charge is 2.54. The number of carbonyl (C=O) groups is 2. The Kier molecular flexibility index (Phi) is 6.39. The van der Waals surface area contributed by atoms with Crippen molar-refractivity contribution in [2.75, 3.05) is 19.0 Å². The molecule has 1 aromatic carbocycles. The van der Waals surface area contributed by atoms with Gasteiger partial charge in [-0.3, -0.25) is 14.9 Å². The number of ether oxygens (including phenoxy) is 1. The number of benzene rings is 1. The van der Waals surface area contributed by atoms with Gasteiger partial charge in [0.2, 0.25) is 11.0 Å². The van der Waals surface area contributed by atoms with E-state index in [2.05, 4.69) is 29.4 Å². The van der Waals surface area contributed by atoms with E-state index in [0.29, 0.717) is 34.8 Å². The summed E-state index contributed by atoms with van der Waals surface area (Å²) < 4.78 is 5.11. The van der Waals surface area contributed by atoms with Crippen molar-refractivity contribution >= 4 is 28.3 Å². The fourth-order valence-electron chi connectivity index (χ4n) is 5.14. The van der Waals surface area contributed by atoms with Crippen LogP contribution in [0, 0.1) is 5.92 Å². The van der Waals surface area contributed by atoms with Crippen molar-refractivity contribution < 1.29 is 14.3 Å². The van der Waals surface area contributed by atoms with Gasteiger partial charge in [-0.25, -0.2) is 0 Å². The minimum atomic E-state index is -0.502. The first kappa shape index (κ1) is 21.9. The summed E-state index contributed by atoms with van der Waals surface area (Å²) >= 11 is 1.32. The lowest BCUT2D eigenvalue weighted by Gasteiger charge is -2.54. The van der Waals surface area contributed by atoms with E-state index in [1.807, 2.05) is 29.2 Å². The van der Waals surface area contributed by atoms with Gasteiger partial charge in [0.15, 0.2) is 0 Å². The van der Waals surface area contributed by atoms with Gasteiger partial charge in [0, 0.05) is 19.2 Å². The standard InChI is InChI=1S/C23H30N4O3S/c1-15(2)13-27-21(29)17-10-6-5-9-16(17)19(23(27)11-7-4-8-12-23)20(28)24-22-26-25-18(31-22)14-30-3/h5-6,9-10,15,19H,4,7-8,11-14H2,1-3H3,(H,24,26,28). The van der Waals surface area contributed by atoms with Gasteiger partial charge in [-0.05, 0) is 30.4 Å². The lowest BCUT2D eigenvalue weighted by Crippen LogP contribution is -2.62. The summed E-state index contributed by atoms with van der Waals surface area (Å²) in [6.45, 7) is 5.25. The van der Waals surface area contributed by atoms with Crippen LogP contribution in [0.4, 0.5) is 5.13 Å². The molecule has 1 aliphatic heterocycles. The summed E-state index contributed by atoms with van der Waals surface area (Å²) in [7, 11) is 1.60. The number of methoxy groups -OCH3 is 1. The molecule has 7 nitrogen and oxygen atoms in total. The van der Waals surface area contributed by atoms with Crippen LogP contribution in [0.15, 0.2) is 24.3 Å². The van der Waals surface area contributed by atoms with Crippen LogP contribution in [0.2, 0.25) is 0 Å². The fourth-order valence-corrected chi connectivity index (χ4v) is 5.85. The van der Waals surface area contributed by atoms with Crippen molar-refractivity contribution in [3.05, 3.63) is 40.4 Å². The molecule has 2 heterocycles. The highest BCUT2D eigenvalue weighted by molar-refractivity contribution is 7.15. The number of rotatable bonds is 6. The maximum Gasteiger partial charge on any atom is 0.254 e. The molecule has 1 saturated carbocycles. The zero-order valence-corrected chi connectivity index (χ0v) is 19.2. The first-order valence-corrected chi connectivity index (χ1v) is 11.8. The fraction of sp³-hybridized carbons (Fsp3) is 0.565. The van der Waals surface area contributed by atoms with Gasteiger partial charge in [0.25, 0.3) is 5.91 Å². The molecule has 0 bridgehead atoms. The lowest BCUT2D eigenvalue weighted by molar-refractivity contribution is -0.122. The van der Waals surface area contributed by atoms with Crippen LogP contribution in [0.1, 0.15) is 72.8 Å². The molecule has 31 heavy (non-hydrogen) atoms. The van der Waals surface area contributed by atoms with E-state index in [4.69, 9.17) is 4.74 Å². The second-order valence-corrected chi connectivity index (χ2v) is 9.98. The first-order chi connectivity index (χ1) is 15.0. The normalized spacial score (nSPS) is 20.2. The maximum absolute atomic E-state index is 13.8. The summed E-state index contributed by atoms with van der Waals surface area (Å²) in [6, 6.07) is 7.59. The molecule has 0 radical (unpaired) electrons. The van der Waals surface area contributed by atoms with Crippen LogP contribution >= 0.6 is 11.3 Å². The topological polar surface area (TPSA) is 84.4 Å². The summed E-state index contributed by atoms with van der Waals surface area (Å²) in [5, 5.41) is 12.4. The van der Waals surface area contributed by atoms with E-state index in [-0.39, 0.29) is 11.8 Å². The SMILES string of the molecule is COCc1nnc(NC(=O)C2c3ccccc3C(=O)N(CC(C)C)C23CCCCC3)s1. The van der Waals surface area contributed by atoms with Crippen LogP contribution in [0.25, 0.3) is 0 Å². The highest BCUT2D eigenvalue weighted by atomic mass is 32.1. The molecule has 1 unspecified atom stereocenters. The van der Waals surface area contributed by atoms with Gasteiger partial charge >= 0.3 is 0 Å². The van der Waals surface area contributed by atoms with Gasteiger partial charge in [-0.2, -0.15) is 0 Å². The van der Waals surface area contributed by atoms with E-state index in [1.165, 1.54) is 11.3 Å². The van der Waals surface area contributed by atoms with Crippen LogP contribution in [0.3, 0.4) is 0 Å². The molecule has 166 valence electrons. The molecule has 1 fully saturated rings. The maximum atomic E-state index is 13.8. The zero-order chi connectivity index (χ0) is 22.0. The largest absolute Gasteiger partial charge is 0.377 e. The minimum Gasteiger partial charge on any atom is -0.377 e. The number of carbonyl (C=O) groups excluding carboxylic acids is 2. The Morgan fingerprint density at radius 1 is 1.26 bits per heavy atom. The number of anilines is 1. The Hall–Kier alpha value is -2.32. The predicted octanol–water partition coefficient (Wildman–Crippen LogP) is 4.22. The highest BCUT2D eigenvalue weighted by Crippen LogP contribution is 2.49. The molecule has 4 rings (SSSR count). The summed E-state index contributed by atoms with van der Waals surface area (Å²) in [5.74, 6) is -0.184. The van der Waals surface area contributed by atoms with Crippen molar-refractivity contribution in [3.63, 3.8) is 0 Å². The molecule has 1 aliphatic carbocycles. The number of hydrogen-bond donors (Lipinski definition) is 1. The average molecular weight is 443 g/mol. The molecule has 2 aliphatic rings. The number of fused-ring (bicyclic) bond motifs is 1. The monoisotopic (exact) mass is 442 g/mol. The number of nitrogens with zero attached hydrogens (tertiary/aromatic N) is 3. The van der Waals surface area contributed by atoms with E-state index < -0.39 is 11.5 Å².